The van der Waals surface area contributed by atoms with Crippen LogP contribution < -0.4 is 4.90 Å². The molecular formula is C30H38F3N3O6S. The molecule has 2 aromatic rings. The Labute approximate surface area is 253 Å². The summed E-state index contributed by atoms with van der Waals surface area (Å²) in [7, 11) is 0. The lowest BCUT2D eigenvalue weighted by atomic mass is 10.1. The summed E-state index contributed by atoms with van der Waals surface area (Å²) in [6.45, 7) is 8.24. The number of alkyl halides is 3. The van der Waals surface area contributed by atoms with E-state index in [1.165, 1.54) is 23.9 Å². The van der Waals surface area contributed by atoms with Crippen molar-refractivity contribution >= 4 is 35.1 Å². The summed E-state index contributed by atoms with van der Waals surface area (Å²) in [5, 5.41) is 15.8. The summed E-state index contributed by atoms with van der Waals surface area (Å²) in [5.41, 5.74) is 1.04. The Morgan fingerprint density at radius 3 is 2.07 bits per heavy atom. The van der Waals surface area contributed by atoms with Gasteiger partial charge in [-0.05, 0) is 49.7 Å². The summed E-state index contributed by atoms with van der Waals surface area (Å²) >= 11 is 1.54. The molecule has 0 bridgehead atoms. The number of carboxylic acids is 2. The zero-order valence-corrected chi connectivity index (χ0v) is 24.7. The zero-order valence-electron chi connectivity index (χ0n) is 23.9. The van der Waals surface area contributed by atoms with Crippen LogP contribution in [0.25, 0.3) is 0 Å². The number of para-hydroxylation sites is 1. The second-order valence-electron chi connectivity index (χ2n) is 10.5. The van der Waals surface area contributed by atoms with Crippen molar-refractivity contribution in [1.82, 2.24) is 9.80 Å². The average molecular weight is 626 g/mol. The second kappa shape index (κ2) is 15.8. The molecule has 2 fully saturated rings. The average Bonchev–Trinajstić information content (AvgIpc) is 2.99. The minimum absolute atomic E-state index is 0.0619. The molecular weight excluding hydrogens is 587 g/mol. The van der Waals surface area contributed by atoms with Crippen LogP contribution in [0.5, 0.6) is 0 Å². The van der Waals surface area contributed by atoms with Gasteiger partial charge in [-0.1, -0.05) is 23.9 Å². The zero-order chi connectivity index (χ0) is 30.8. The number of nitrogens with zero attached hydrogens (tertiary/aromatic N) is 3. The molecule has 3 aliphatic heterocycles. The van der Waals surface area contributed by atoms with Crippen molar-refractivity contribution in [2.75, 3.05) is 63.9 Å². The Balaban J connectivity index is 0.000000467. The van der Waals surface area contributed by atoms with Crippen molar-refractivity contribution in [3.63, 3.8) is 0 Å². The van der Waals surface area contributed by atoms with Gasteiger partial charge in [0.05, 0.1) is 43.0 Å². The van der Waals surface area contributed by atoms with E-state index in [0.717, 1.165) is 87.2 Å². The third-order valence-electron chi connectivity index (χ3n) is 7.40. The molecule has 3 heterocycles. The summed E-state index contributed by atoms with van der Waals surface area (Å²) in [6.07, 6.45) is -2.23. The van der Waals surface area contributed by atoms with E-state index in [-0.39, 0.29) is 19.1 Å². The molecule has 5 rings (SSSR count). The Hall–Kier alpha value is -2.84. The van der Waals surface area contributed by atoms with Gasteiger partial charge < -0.3 is 34.4 Å². The maximum absolute atomic E-state index is 13.4. The number of hydrogen-bond acceptors (Lipinski definition) is 8. The fraction of sp³-hybridized carbons (Fsp3) is 0.533. The third kappa shape index (κ3) is 10.1. The first-order valence-corrected chi connectivity index (χ1v) is 15.3. The van der Waals surface area contributed by atoms with E-state index in [0.29, 0.717) is 12.2 Å². The van der Waals surface area contributed by atoms with Gasteiger partial charge in [0, 0.05) is 55.5 Å². The molecule has 2 N–H and O–H groups in total. The van der Waals surface area contributed by atoms with Gasteiger partial charge in [0.25, 0.3) is 0 Å². The number of aliphatic carboxylic acids is 2. The molecule has 13 heteroatoms. The van der Waals surface area contributed by atoms with Crippen molar-refractivity contribution in [3.8, 4) is 0 Å². The van der Waals surface area contributed by atoms with Gasteiger partial charge in [-0.3, -0.25) is 9.59 Å². The fourth-order valence-electron chi connectivity index (χ4n) is 5.14. The predicted octanol–water partition coefficient (Wildman–Crippen LogP) is 5.40. The topological polar surface area (TPSA) is 103 Å². The molecule has 0 aromatic heterocycles. The molecule has 3 aliphatic rings. The minimum atomic E-state index is -4.35. The molecule has 9 nitrogen and oxygen atoms in total. The van der Waals surface area contributed by atoms with E-state index in [1.807, 2.05) is 24.3 Å². The van der Waals surface area contributed by atoms with Crippen LogP contribution in [0.1, 0.15) is 37.7 Å². The Morgan fingerprint density at radius 2 is 1.44 bits per heavy atom. The second-order valence-corrected chi connectivity index (χ2v) is 11.6. The minimum Gasteiger partial charge on any atom is -0.481 e. The van der Waals surface area contributed by atoms with Gasteiger partial charge in [0.1, 0.15) is 0 Å². The van der Waals surface area contributed by atoms with E-state index < -0.39 is 23.7 Å². The maximum atomic E-state index is 13.4. The molecule has 43 heavy (non-hydrogen) atoms. The molecule has 0 radical (unpaired) electrons. The van der Waals surface area contributed by atoms with Crippen LogP contribution in [0, 0.1) is 0 Å². The van der Waals surface area contributed by atoms with Gasteiger partial charge in [0.2, 0.25) is 0 Å². The number of rotatable bonds is 10. The number of carbonyl (C=O) groups is 2. The monoisotopic (exact) mass is 625 g/mol. The third-order valence-corrected chi connectivity index (χ3v) is 8.53. The Morgan fingerprint density at radius 1 is 0.837 bits per heavy atom. The first-order chi connectivity index (χ1) is 20.6. The summed E-state index contributed by atoms with van der Waals surface area (Å²) in [4.78, 5) is 28.2. The van der Waals surface area contributed by atoms with Crippen LogP contribution in [-0.2, 0) is 25.2 Å². The highest BCUT2D eigenvalue weighted by molar-refractivity contribution is 7.99. The first kappa shape index (κ1) is 33.1. The number of ether oxygens (including phenoxy) is 2. The van der Waals surface area contributed by atoms with Gasteiger partial charge in [-0.2, -0.15) is 13.2 Å². The normalized spacial score (nSPS) is 17.9. The van der Waals surface area contributed by atoms with Crippen LogP contribution in [0.3, 0.4) is 0 Å². The Kier molecular flexibility index (Phi) is 12.1. The van der Waals surface area contributed by atoms with Crippen LogP contribution in [0.15, 0.2) is 52.3 Å². The van der Waals surface area contributed by atoms with Crippen molar-refractivity contribution in [1.29, 1.82) is 0 Å². The quantitative estimate of drug-likeness (QED) is 0.357. The lowest BCUT2D eigenvalue weighted by molar-refractivity contribution is -0.183. The highest BCUT2D eigenvalue weighted by atomic mass is 32.2. The van der Waals surface area contributed by atoms with E-state index in [1.54, 1.807) is 6.07 Å². The van der Waals surface area contributed by atoms with Crippen LogP contribution in [-0.4, -0.2) is 97.3 Å². The maximum Gasteiger partial charge on any atom is 0.416 e. The van der Waals surface area contributed by atoms with E-state index in [9.17, 15) is 22.8 Å². The number of carboxylic acid groups (broad SMARTS) is 2. The van der Waals surface area contributed by atoms with E-state index >= 15 is 0 Å². The van der Waals surface area contributed by atoms with Gasteiger partial charge in [-0.25, -0.2) is 0 Å². The highest BCUT2D eigenvalue weighted by Crippen LogP contribution is 2.49. The molecule has 2 aromatic carbocycles. The number of hydrogen-bond donors (Lipinski definition) is 2. The van der Waals surface area contributed by atoms with Crippen LogP contribution in [0.4, 0.5) is 24.5 Å². The fourth-order valence-corrected chi connectivity index (χ4v) is 6.22. The van der Waals surface area contributed by atoms with E-state index in [4.69, 9.17) is 19.7 Å². The summed E-state index contributed by atoms with van der Waals surface area (Å²) in [5.74, 6) is -2.15. The SMILES string of the molecule is FC(F)(F)c1ccc2c(c1)N(CCCN1CCN(CCC3OCCCO3)CC1)c1ccccc1S2.O=C(O)CCC(=O)O. The lowest BCUT2D eigenvalue weighted by Crippen LogP contribution is -2.47. The van der Waals surface area contributed by atoms with Gasteiger partial charge in [0.15, 0.2) is 6.29 Å². The largest absolute Gasteiger partial charge is 0.481 e. The number of piperazine rings is 1. The standard InChI is InChI=1S/C26H32F3N3O2S.C4H6O4/c27-26(28,29)20-7-8-24-22(19-20)32(21-5-1-2-6-23(21)35-24)11-3-10-30-13-15-31(16-14-30)12-9-25-33-17-4-18-34-25;5-3(6)1-2-4(7)8/h1-2,5-8,19,25H,3-4,9-18H2;1-2H2,(H,5,6)(H,7,8). The van der Waals surface area contributed by atoms with Crippen molar-refractivity contribution < 1.29 is 42.4 Å². The molecule has 0 aliphatic carbocycles. The van der Waals surface area contributed by atoms with E-state index in [2.05, 4.69) is 14.7 Å². The highest BCUT2D eigenvalue weighted by Gasteiger charge is 2.33. The van der Waals surface area contributed by atoms with Gasteiger partial charge in [-0.15, -0.1) is 0 Å². The lowest BCUT2D eigenvalue weighted by Gasteiger charge is -2.37. The Bertz CT molecular complexity index is 1210. The van der Waals surface area contributed by atoms with Crippen molar-refractivity contribution in [2.24, 2.45) is 0 Å². The van der Waals surface area contributed by atoms with Crippen molar-refractivity contribution in [3.05, 3.63) is 48.0 Å². The number of halogens is 3. The number of anilines is 2. The molecule has 0 unspecified atom stereocenters. The number of fused-ring (bicyclic) bond motifs is 2. The number of benzene rings is 2. The van der Waals surface area contributed by atoms with Crippen molar-refractivity contribution in [2.45, 2.75) is 54.4 Å². The molecule has 0 atom stereocenters. The molecule has 0 amide bonds. The van der Waals surface area contributed by atoms with Crippen LogP contribution in [0.2, 0.25) is 0 Å². The molecule has 2 saturated heterocycles. The first-order valence-electron chi connectivity index (χ1n) is 14.5. The molecule has 0 saturated carbocycles. The van der Waals surface area contributed by atoms with Gasteiger partial charge >= 0.3 is 18.1 Å². The summed E-state index contributed by atoms with van der Waals surface area (Å²) < 4.78 is 51.6. The van der Waals surface area contributed by atoms with Crippen LogP contribution >= 0.6 is 11.8 Å². The predicted molar refractivity (Wildman–Crippen MR) is 156 cm³/mol. The molecule has 236 valence electrons. The summed E-state index contributed by atoms with van der Waals surface area (Å²) in [6, 6.07) is 12.1. The molecule has 0 spiro atoms. The smallest absolute Gasteiger partial charge is 0.416 e.